The van der Waals surface area contributed by atoms with E-state index < -0.39 is 0 Å². The number of benzene rings is 1. The van der Waals surface area contributed by atoms with Crippen LogP contribution in [0.2, 0.25) is 0 Å². The molecule has 1 saturated carbocycles. The number of anilines is 1. The van der Waals surface area contributed by atoms with Gasteiger partial charge in [-0.1, -0.05) is 6.07 Å². The minimum absolute atomic E-state index is 0.192. The number of hydrogen-bond donors (Lipinski definition) is 2. The molecule has 1 aromatic rings. The Morgan fingerprint density at radius 1 is 1.37 bits per heavy atom. The van der Waals surface area contributed by atoms with Gasteiger partial charge in [0.1, 0.15) is 5.82 Å². The quantitative estimate of drug-likeness (QED) is 0.859. The molecule has 0 aromatic heterocycles. The Labute approximate surface area is 113 Å². The third-order valence-electron chi connectivity index (χ3n) is 4.64. The van der Waals surface area contributed by atoms with E-state index in [1.54, 1.807) is 6.07 Å². The van der Waals surface area contributed by atoms with Crippen molar-refractivity contribution >= 4 is 5.69 Å². The fourth-order valence-electron chi connectivity index (χ4n) is 3.69. The van der Waals surface area contributed by atoms with Gasteiger partial charge in [0.05, 0.1) is 6.10 Å². The van der Waals surface area contributed by atoms with Crippen molar-refractivity contribution in [2.24, 2.45) is 17.6 Å². The van der Waals surface area contributed by atoms with Crippen LogP contribution in [-0.2, 0) is 0 Å². The van der Waals surface area contributed by atoms with Gasteiger partial charge in [0, 0.05) is 36.3 Å². The van der Waals surface area contributed by atoms with Crippen molar-refractivity contribution in [3.63, 3.8) is 0 Å². The lowest BCUT2D eigenvalue weighted by atomic mass is 10.00. The van der Waals surface area contributed by atoms with Crippen LogP contribution >= 0.6 is 0 Å². The molecule has 4 heteroatoms. The normalized spacial score (nSPS) is 31.6. The molecular weight excluding hydrogens is 243 g/mol. The number of rotatable bonds is 2. The Morgan fingerprint density at radius 3 is 2.84 bits per heavy atom. The number of aliphatic hydroxyl groups is 1. The van der Waals surface area contributed by atoms with Crippen LogP contribution in [0.3, 0.4) is 0 Å². The number of halogens is 1. The smallest absolute Gasteiger partial charge is 0.130 e. The zero-order chi connectivity index (χ0) is 13.6. The summed E-state index contributed by atoms with van der Waals surface area (Å²) in [7, 11) is 0. The number of aliphatic hydroxyl groups excluding tert-OH is 1. The lowest BCUT2D eigenvalue weighted by Crippen LogP contribution is -2.26. The molecule has 1 aliphatic carbocycles. The maximum Gasteiger partial charge on any atom is 0.130 e. The van der Waals surface area contributed by atoms with Crippen molar-refractivity contribution in [1.82, 2.24) is 0 Å². The van der Waals surface area contributed by atoms with Crippen LogP contribution in [-0.4, -0.2) is 24.3 Å². The second kappa shape index (κ2) is 4.76. The molecule has 3 N–H and O–H groups in total. The summed E-state index contributed by atoms with van der Waals surface area (Å²) in [6.07, 6.45) is 1.79. The first-order valence-electron chi connectivity index (χ1n) is 7.05. The summed E-state index contributed by atoms with van der Waals surface area (Å²) in [5, 5.41) is 9.97. The van der Waals surface area contributed by atoms with Gasteiger partial charge in [0.15, 0.2) is 0 Å². The maximum absolute atomic E-state index is 14.0. The van der Waals surface area contributed by atoms with Gasteiger partial charge >= 0.3 is 0 Å². The number of nitrogens with zero attached hydrogens (tertiary/aromatic N) is 1. The van der Waals surface area contributed by atoms with Crippen molar-refractivity contribution < 1.29 is 9.50 Å². The van der Waals surface area contributed by atoms with Crippen LogP contribution in [0.25, 0.3) is 0 Å². The summed E-state index contributed by atoms with van der Waals surface area (Å²) < 4.78 is 14.0. The Hall–Kier alpha value is -1.13. The lowest BCUT2D eigenvalue weighted by molar-refractivity contribution is 0.133. The summed E-state index contributed by atoms with van der Waals surface area (Å²) >= 11 is 0. The third kappa shape index (κ3) is 2.13. The van der Waals surface area contributed by atoms with Crippen LogP contribution in [0.4, 0.5) is 10.1 Å². The van der Waals surface area contributed by atoms with Crippen molar-refractivity contribution in [3.05, 3.63) is 29.6 Å². The van der Waals surface area contributed by atoms with Crippen molar-refractivity contribution in [2.75, 3.05) is 18.0 Å². The second-order valence-electron chi connectivity index (χ2n) is 5.93. The highest BCUT2D eigenvalue weighted by molar-refractivity contribution is 5.56. The van der Waals surface area contributed by atoms with Gasteiger partial charge in [-0.15, -0.1) is 0 Å². The maximum atomic E-state index is 14.0. The highest BCUT2D eigenvalue weighted by Crippen LogP contribution is 2.41. The molecule has 1 aliphatic heterocycles. The number of hydrogen-bond acceptors (Lipinski definition) is 3. The predicted octanol–water partition coefficient (Wildman–Crippen LogP) is 2.05. The first-order valence-corrected chi connectivity index (χ1v) is 7.05. The minimum Gasteiger partial charge on any atom is -0.393 e. The minimum atomic E-state index is -0.318. The summed E-state index contributed by atoms with van der Waals surface area (Å²) in [6, 6.07) is 4.83. The van der Waals surface area contributed by atoms with E-state index in [-0.39, 0.29) is 18.0 Å². The summed E-state index contributed by atoms with van der Waals surface area (Å²) in [5.74, 6) is 0.647. The average molecular weight is 264 g/mol. The third-order valence-corrected chi connectivity index (χ3v) is 4.64. The summed E-state index contributed by atoms with van der Waals surface area (Å²) in [5.41, 5.74) is 7.40. The van der Waals surface area contributed by atoms with E-state index in [0.29, 0.717) is 17.4 Å². The van der Waals surface area contributed by atoms with Crippen LogP contribution in [0.15, 0.2) is 18.2 Å². The molecule has 19 heavy (non-hydrogen) atoms. The predicted molar refractivity (Wildman–Crippen MR) is 73.4 cm³/mol. The Morgan fingerprint density at radius 2 is 2.16 bits per heavy atom. The van der Waals surface area contributed by atoms with Crippen molar-refractivity contribution in [3.8, 4) is 0 Å². The molecule has 2 fully saturated rings. The molecule has 0 spiro atoms. The van der Waals surface area contributed by atoms with Crippen LogP contribution < -0.4 is 10.6 Å². The van der Waals surface area contributed by atoms with Gasteiger partial charge in [0.2, 0.25) is 0 Å². The molecule has 0 radical (unpaired) electrons. The van der Waals surface area contributed by atoms with E-state index in [0.717, 1.165) is 31.6 Å². The van der Waals surface area contributed by atoms with Crippen molar-refractivity contribution in [2.45, 2.75) is 31.9 Å². The van der Waals surface area contributed by atoms with E-state index >= 15 is 0 Å². The molecule has 4 atom stereocenters. The molecule has 1 aromatic carbocycles. The fraction of sp³-hybridized carbons (Fsp3) is 0.600. The van der Waals surface area contributed by atoms with Gasteiger partial charge in [-0.25, -0.2) is 4.39 Å². The summed E-state index contributed by atoms with van der Waals surface area (Å²) in [6.45, 7) is 3.54. The number of fused-ring (bicyclic) bond motifs is 1. The molecule has 1 heterocycles. The molecule has 0 amide bonds. The van der Waals surface area contributed by atoms with Gasteiger partial charge in [-0.05, 0) is 37.8 Å². The zero-order valence-electron chi connectivity index (χ0n) is 11.2. The van der Waals surface area contributed by atoms with E-state index in [1.807, 2.05) is 13.0 Å². The molecule has 3 unspecified atom stereocenters. The molecular formula is C15H21FN2O. The molecule has 1 saturated heterocycles. The van der Waals surface area contributed by atoms with Crippen LogP contribution in [0.1, 0.15) is 31.4 Å². The monoisotopic (exact) mass is 264 g/mol. The van der Waals surface area contributed by atoms with Crippen LogP contribution in [0.5, 0.6) is 0 Å². The molecule has 0 bridgehead atoms. The fourth-order valence-corrected chi connectivity index (χ4v) is 3.69. The van der Waals surface area contributed by atoms with Gasteiger partial charge < -0.3 is 15.7 Å². The SMILES string of the molecule is C[C@H](N)c1c(F)cccc1N1CC2CCC(O)C2C1. The largest absolute Gasteiger partial charge is 0.393 e. The van der Waals surface area contributed by atoms with E-state index in [2.05, 4.69) is 4.90 Å². The molecule has 3 nitrogen and oxygen atoms in total. The Balaban J connectivity index is 1.90. The highest BCUT2D eigenvalue weighted by Gasteiger charge is 2.42. The van der Waals surface area contributed by atoms with E-state index in [9.17, 15) is 9.50 Å². The van der Waals surface area contributed by atoms with Crippen molar-refractivity contribution in [1.29, 1.82) is 0 Å². The summed E-state index contributed by atoms with van der Waals surface area (Å²) in [4.78, 5) is 2.19. The Bertz CT molecular complexity index is 477. The topological polar surface area (TPSA) is 49.5 Å². The Kier molecular flexibility index (Phi) is 3.23. The second-order valence-corrected chi connectivity index (χ2v) is 5.93. The average Bonchev–Trinajstić information content (AvgIpc) is 2.91. The molecule has 2 aliphatic rings. The van der Waals surface area contributed by atoms with Gasteiger partial charge in [0.25, 0.3) is 0 Å². The standard InChI is InChI=1S/C15H21FN2O/c1-9(17)15-12(16)3-2-4-13(15)18-7-10-5-6-14(19)11(10)8-18/h2-4,9-11,14,19H,5-8,17H2,1H3/t9-,10?,11?,14?/m0/s1. The van der Waals surface area contributed by atoms with Gasteiger partial charge in [-0.3, -0.25) is 0 Å². The molecule has 3 rings (SSSR count). The van der Waals surface area contributed by atoms with Gasteiger partial charge in [-0.2, -0.15) is 0 Å². The zero-order valence-corrected chi connectivity index (χ0v) is 11.2. The van der Waals surface area contributed by atoms with Crippen LogP contribution in [0, 0.1) is 17.7 Å². The first kappa shape index (κ1) is 12.9. The first-order chi connectivity index (χ1) is 9.08. The highest BCUT2D eigenvalue weighted by atomic mass is 19.1. The number of nitrogens with two attached hydrogens (primary N) is 1. The molecule has 104 valence electrons. The van der Waals surface area contributed by atoms with E-state index in [1.165, 1.54) is 6.07 Å². The lowest BCUT2D eigenvalue weighted by Gasteiger charge is -2.25. The van der Waals surface area contributed by atoms with E-state index in [4.69, 9.17) is 5.73 Å².